The number of hydrogen-bond acceptors (Lipinski definition) is 2. The molecule has 0 heterocycles. The Kier molecular flexibility index (Phi) is 10.8. The quantitative estimate of drug-likeness (QED) is 0.346. The fourth-order valence-electron chi connectivity index (χ4n) is 1.85. The van der Waals surface area contributed by atoms with E-state index in [1.807, 2.05) is 45.0 Å². The van der Waals surface area contributed by atoms with Crippen LogP contribution in [0.15, 0.2) is 29.3 Å². The van der Waals surface area contributed by atoms with Crippen molar-refractivity contribution in [2.75, 3.05) is 13.1 Å². The first kappa shape index (κ1) is 21.5. The molecular weight excluding hydrogens is 413 g/mol. The molecule has 1 rings (SSSR count). The van der Waals surface area contributed by atoms with Gasteiger partial charge in [0.1, 0.15) is 0 Å². The zero-order valence-electron chi connectivity index (χ0n) is 13.5. The van der Waals surface area contributed by atoms with E-state index in [1.54, 1.807) is 0 Å². The number of halogens is 2. The number of guanidine groups is 1. The van der Waals surface area contributed by atoms with Crippen LogP contribution < -0.4 is 10.6 Å². The Morgan fingerprint density at radius 1 is 1.14 bits per heavy atom. The Labute approximate surface area is 155 Å². The Bertz CT molecular complexity index is 447. The van der Waals surface area contributed by atoms with E-state index >= 15 is 0 Å². The molecule has 0 bridgehead atoms. The topological polar surface area (TPSA) is 56.7 Å². The highest BCUT2D eigenvalue weighted by Gasteiger charge is 2.22. The summed E-state index contributed by atoms with van der Waals surface area (Å²) in [6.07, 6.45) is 1.43. The number of aliphatic hydroxyl groups is 1. The lowest BCUT2D eigenvalue weighted by molar-refractivity contribution is 0.0367. The summed E-state index contributed by atoms with van der Waals surface area (Å²) in [5, 5.41) is 17.4. The van der Waals surface area contributed by atoms with Gasteiger partial charge in [0.05, 0.1) is 12.1 Å². The molecule has 0 aromatic heterocycles. The second-order valence-corrected chi connectivity index (χ2v) is 5.54. The van der Waals surface area contributed by atoms with Gasteiger partial charge >= 0.3 is 0 Å². The van der Waals surface area contributed by atoms with Crippen LogP contribution in [0.2, 0.25) is 5.02 Å². The van der Waals surface area contributed by atoms with Gasteiger partial charge in [0.25, 0.3) is 0 Å². The van der Waals surface area contributed by atoms with Crippen molar-refractivity contribution < 1.29 is 5.11 Å². The maximum Gasteiger partial charge on any atom is 0.191 e. The van der Waals surface area contributed by atoms with Crippen LogP contribution in [0.5, 0.6) is 0 Å². The molecule has 0 aliphatic rings. The van der Waals surface area contributed by atoms with Crippen LogP contribution in [0.4, 0.5) is 0 Å². The molecule has 1 aromatic carbocycles. The lowest BCUT2D eigenvalue weighted by Gasteiger charge is -2.26. The van der Waals surface area contributed by atoms with Gasteiger partial charge in [0.2, 0.25) is 0 Å². The number of aliphatic imine (C=N–C) groups is 1. The lowest BCUT2D eigenvalue weighted by atomic mass is 9.98. The predicted molar refractivity (Wildman–Crippen MR) is 105 cm³/mol. The number of benzene rings is 1. The Balaban J connectivity index is 0.00000441. The minimum atomic E-state index is -0.684. The molecule has 0 spiro atoms. The third kappa shape index (κ3) is 7.65. The first-order valence-electron chi connectivity index (χ1n) is 7.52. The summed E-state index contributed by atoms with van der Waals surface area (Å²) in [5.74, 6) is 0.716. The molecule has 126 valence electrons. The predicted octanol–water partition coefficient (Wildman–Crippen LogP) is 3.56. The summed E-state index contributed by atoms with van der Waals surface area (Å²) in [6.45, 7) is 7.84. The summed E-state index contributed by atoms with van der Waals surface area (Å²) in [7, 11) is 0. The highest BCUT2D eigenvalue weighted by atomic mass is 127. The number of rotatable bonds is 7. The van der Waals surface area contributed by atoms with E-state index in [2.05, 4.69) is 15.6 Å². The maximum atomic E-state index is 10.3. The summed E-state index contributed by atoms with van der Waals surface area (Å²) < 4.78 is 0. The molecule has 0 saturated carbocycles. The van der Waals surface area contributed by atoms with Gasteiger partial charge in [0, 0.05) is 18.1 Å². The van der Waals surface area contributed by atoms with Crippen molar-refractivity contribution in [2.45, 2.75) is 45.8 Å². The van der Waals surface area contributed by atoms with Gasteiger partial charge in [-0.1, -0.05) is 37.6 Å². The van der Waals surface area contributed by atoms with Crippen molar-refractivity contribution >= 4 is 41.5 Å². The molecule has 22 heavy (non-hydrogen) atoms. The second kappa shape index (κ2) is 11.1. The molecular formula is C16H27ClIN3O. The van der Waals surface area contributed by atoms with Gasteiger partial charge in [-0.05, 0) is 37.5 Å². The molecule has 0 radical (unpaired) electrons. The van der Waals surface area contributed by atoms with Gasteiger partial charge < -0.3 is 15.7 Å². The van der Waals surface area contributed by atoms with Gasteiger partial charge in [0.15, 0.2) is 5.96 Å². The first-order valence-corrected chi connectivity index (χ1v) is 7.89. The zero-order valence-corrected chi connectivity index (χ0v) is 16.6. The Morgan fingerprint density at radius 2 is 1.73 bits per heavy atom. The van der Waals surface area contributed by atoms with Crippen molar-refractivity contribution in [3.63, 3.8) is 0 Å². The third-order valence-corrected chi connectivity index (χ3v) is 3.83. The second-order valence-electron chi connectivity index (χ2n) is 5.11. The van der Waals surface area contributed by atoms with E-state index < -0.39 is 5.60 Å². The maximum absolute atomic E-state index is 10.3. The van der Waals surface area contributed by atoms with E-state index in [1.165, 1.54) is 0 Å². The van der Waals surface area contributed by atoms with Crippen LogP contribution in [-0.2, 0) is 6.54 Å². The van der Waals surface area contributed by atoms with Crippen molar-refractivity contribution in [1.29, 1.82) is 0 Å². The van der Waals surface area contributed by atoms with Gasteiger partial charge in [-0.25, -0.2) is 4.99 Å². The van der Waals surface area contributed by atoms with Crippen LogP contribution >= 0.6 is 35.6 Å². The van der Waals surface area contributed by atoms with Gasteiger partial charge in [-0.15, -0.1) is 24.0 Å². The summed E-state index contributed by atoms with van der Waals surface area (Å²) in [6, 6.07) is 7.65. The monoisotopic (exact) mass is 439 g/mol. The summed E-state index contributed by atoms with van der Waals surface area (Å²) >= 11 is 5.87. The molecule has 6 heteroatoms. The Hall–Kier alpha value is -0.530. The molecule has 0 unspecified atom stereocenters. The molecule has 0 fully saturated rings. The van der Waals surface area contributed by atoms with Gasteiger partial charge in [-0.3, -0.25) is 0 Å². The summed E-state index contributed by atoms with van der Waals surface area (Å²) in [4.78, 5) is 4.53. The molecule has 0 saturated heterocycles. The average Bonchev–Trinajstić information content (AvgIpc) is 2.51. The normalized spacial score (nSPS) is 11.8. The number of hydrogen-bond donors (Lipinski definition) is 3. The van der Waals surface area contributed by atoms with E-state index in [0.29, 0.717) is 31.9 Å². The van der Waals surface area contributed by atoms with Crippen LogP contribution in [0.1, 0.15) is 39.2 Å². The zero-order chi connectivity index (χ0) is 15.7. The minimum Gasteiger partial charge on any atom is -0.388 e. The number of nitrogens with one attached hydrogen (secondary N) is 2. The van der Waals surface area contributed by atoms with Crippen molar-refractivity contribution in [2.24, 2.45) is 4.99 Å². The molecule has 0 aliphatic carbocycles. The highest BCUT2D eigenvalue weighted by molar-refractivity contribution is 14.0. The van der Waals surface area contributed by atoms with Crippen LogP contribution in [0.3, 0.4) is 0 Å². The minimum absolute atomic E-state index is 0. The largest absolute Gasteiger partial charge is 0.388 e. The summed E-state index contributed by atoms with van der Waals surface area (Å²) in [5.41, 5.74) is 0.411. The molecule has 4 nitrogen and oxygen atoms in total. The highest BCUT2D eigenvalue weighted by Crippen LogP contribution is 2.13. The average molecular weight is 440 g/mol. The van der Waals surface area contributed by atoms with E-state index in [9.17, 15) is 5.11 Å². The molecule has 1 aromatic rings. The van der Waals surface area contributed by atoms with E-state index in [0.717, 1.165) is 17.1 Å². The fraction of sp³-hybridized carbons (Fsp3) is 0.562. The smallest absolute Gasteiger partial charge is 0.191 e. The Morgan fingerprint density at radius 3 is 2.23 bits per heavy atom. The fourth-order valence-corrected chi connectivity index (χ4v) is 1.98. The van der Waals surface area contributed by atoms with Crippen molar-refractivity contribution in [3.05, 3.63) is 34.9 Å². The molecule has 0 atom stereocenters. The standard InChI is InChI=1S/C16H26ClN3O.HI/c1-4-16(21,5-2)12-20-15(18-6-3)19-11-13-7-9-14(17)10-8-13;/h7-10,21H,4-6,11-12H2,1-3H3,(H2,18,19,20);1H. The van der Waals surface area contributed by atoms with Crippen LogP contribution in [0.25, 0.3) is 0 Å². The lowest BCUT2D eigenvalue weighted by Crippen LogP contribution is -2.46. The SMILES string of the molecule is CCNC(=NCc1ccc(Cl)cc1)NCC(O)(CC)CC.I. The molecule has 3 N–H and O–H groups in total. The van der Waals surface area contributed by atoms with Crippen LogP contribution in [-0.4, -0.2) is 29.8 Å². The molecule has 0 amide bonds. The van der Waals surface area contributed by atoms with Crippen molar-refractivity contribution in [3.8, 4) is 0 Å². The van der Waals surface area contributed by atoms with E-state index in [-0.39, 0.29) is 24.0 Å². The molecule has 0 aliphatic heterocycles. The van der Waals surface area contributed by atoms with Gasteiger partial charge in [-0.2, -0.15) is 0 Å². The van der Waals surface area contributed by atoms with Crippen LogP contribution in [0, 0.1) is 0 Å². The number of nitrogens with zero attached hydrogens (tertiary/aromatic N) is 1. The van der Waals surface area contributed by atoms with E-state index in [4.69, 9.17) is 11.6 Å². The third-order valence-electron chi connectivity index (χ3n) is 3.58. The van der Waals surface area contributed by atoms with Crippen molar-refractivity contribution in [1.82, 2.24) is 10.6 Å². The first-order chi connectivity index (χ1) is 10.0.